The number of benzene rings is 1. The summed E-state index contributed by atoms with van der Waals surface area (Å²) in [6, 6.07) is 9.82. The quantitative estimate of drug-likeness (QED) is 0.860. The highest BCUT2D eigenvalue weighted by molar-refractivity contribution is 5.81. The molecule has 0 saturated carbocycles. The maximum absolute atomic E-state index is 11.8. The van der Waals surface area contributed by atoms with Crippen LogP contribution >= 0.6 is 0 Å². The van der Waals surface area contributed by atoms with Gasteiger partial charge in [-0.1, -0.05) is 30.3 Å². The Labute approximate surface area is 125 Å². The first-order valence-corrected chi connectivity index (χ1v) is 7.35. The summed E-state index contributed by atoms with van der Waals surface area (Å²) < 4.78 is 5.32. The highest BCUT2D eigenvalue weighted by atomic mass is 16.5. The number of nitrogens with zero attached hydrogens (tertiary/aromatic N) is 1. The van der Waals surface area contributed by atoms with Gasteiger partial charge < -0.3 is 15.0 Å². The van der Waals surface area contributed by atoms with E-state index in [2.05, 4.69) is 5.32 Å². The van der Waals surface area contributed by atoms with Gasteiger partial charge in [-0.05, 0) is 18.4 Å². The molecule has 1 atom stereocenters. The number of hydrogen-bond donors (Lipinski definition) is 1. The van der Waals surface area contributed by atoms with Crippen molar-refractivity contribution in [3.63, 3.8) is 0 Å². The molecule has 0 aliphatic carbocycles. The average molecular weight is 290 g/mol. The molecule has 1 aromatic carbocycles. The van der Waals surface area contributed by atoms with Gasteiger partial charge >= 0.3 is 0 Å². The molecule has 1 heterocycles. The van der Waals surface area contributed by atoms with Crippen LogP contribution in [0.4, 0.5) is 0 Å². The number of ether oxygens (including phenoxy) is 1. The van der Waals surface area contributed by atoms with Crippen molar-refractivity contribution in [2.24, 2.45) is 0 Å². The molecule has 0 spiro atoms. The van der Waals surface area contributed by atoms with Gasteiger partial charge in [-0.2, -0.15) is 0 Å². The number of carbonyl (C=O) groups is 2. The minimum absolute atomic E-state index is 0.00483. The molecule has 1 aliphatic rings. The molecule has 114 valence electrons. The normalized spacial score (nSPS) is 17.5. The Hall–Kier alpha value is -1.88. The largest absolute Gasteiger partial charge is 0.368 e. The first-order chi connectivity index (χ1) is 10.2. The SMILES string of the molecule is CC(=O)N(CCNC(=O)C1CCCO1)Cc1ccccc1. The van der Waals surface area contributed by atoms with Crippen molar-refractivity contribution < 1.29 is 14.3 Å². The minimum Gasteiger partial charge on any atom is -0.368 e. The van der Waals surface area contributed by atoms with E-state index in [1.165, 1.54) is 0 Å². The third-order valence-electron chi connectivity index (χ3n) is 3.56. The van der Waals surface area contributed by atoms with Crippen molar-refractivity contribution in [3.05, 3.63) is 35.9 Å². The zero-order valence-electron chi connectivity index (χ0n) is 12.4. The first-order valence-electron chi connectivity index (χ1n) is 7.35. The van der Waals surface area contributed by atoms with Crippen LogP contribution in [0.5, 0.6) is 0 Å². The van der Waals surface area contributed by atoms with Gasteiger partial charge in [0, 0.05) is 33.2 Å². The third kappa shape index (κ3) is 4.86. The van der Waals surface area contributed by atoms with Gasteiger partial charge in [0.2, 0.25) is 11.8 Å². The number of rotatable bonds is 6. The zero-order chi connectivity index (χ0) is 15.1. The molecule has 2 rings (SSSR count). The van der Waals surface area contributed by atoms with E-state index in [0.29, 0.717) is 26.2 Å². The summed E-state index contributed by atoms with van der Waals surface area (Å²) in [6.07, 6.45) is 1.41. The number of nitrogens with one attached hydrogen (secondary N) is 1. The summed E-state index contributed by atoms with van der Waals surface area (Å²) in [6.45, 7) is 3.72. The molecule has 1 fully saturated rings. The van der Waals surface area contributed by atoms with E-state index in [1.54, 1.807) is 11.8 Å². The number of carbonyl (C=O) groups excluding carboxylic acids is 2. The summed E-state index contributed by atoms with van der Waals surface area (Å²) in [5.41, 5.74) is 1.08. The van der Waals surface area contributed by atoms with Crippen molar-refractivity contribution in [3.8, 4) is 0 Å². The maximum Gasteiger partial charge on any atom is 0.249 e. The Morgan fingerprint density at radius 2 is 2.10 bits per heavy atom. The first kappa shape index (κ1) is 15.5. The van der Waals surface area contributed by atoms with Gasteiger partial charge in [-0.25, -0.2) is 0 Å². The maximum atomic E-state index is 11.8. The fraction of sp³-hybridized carbons (Fsp3) is 0.500. The molecule has 1 unspecified atom stereocenters. The highest BCUT2D eigenvalue weighted by Gasteiger charge is 2.23. The number of hydrogen-bond acceptors (Lipinski definition) is 3. The van der Waals surface area contributed by atoms with Crippen LogP contribution in [0, 0.1) is 0 Å². The molecule has 1 aliphatic heterocycles. The van der Waals surface area contributed by atoms with Crippen molar-refractivity contribution in [1.29, 1.82) is 0 Å². The minimum atomic E-state index is -0.315. The molecule has 5 heteroatoms. The lowest BCUT2D eigenvalue weighted by Gasteiger charge is -2.21. The summed E-state index contributed by atoms with van der Waals surface area (Å²) in [5.74, 6) is -0.0686. The van der Waals surface area contributed by atoms with Crippen molar-refractivity contribution >= 4 is 11.8 Å². The Morgan fingerprint density at radius 3 is 2.71 bits per heavy atom. The molecule has 5 nitrogen and oxygen atoms in total. The van der Waals surface area contributed by atoms with Crippen molar-refractivity contribution in [2.75, 3.05) is 19.7 Å². The van der Waals surface area contributed by atoms with Crippen LogP contribution in [0.2, 0.25) is 0 Å². The van der Waals surface area contributed by atoms with E-state index >= 15 is 0 Å². The van der Waals surface area contributed by atoms with E-state index in [1.807, 2.05) is 30.3 Å². The Bertz CT molecular complexity index is 470. The zero-order valence-corrected chi connectivity index (χ0v) is 12.4. The van der Waals surface area contributed by atoms with Crippen LogP contribution in [-0.2, 0) is 20.9 Å². The van der Waals surface area contributed by atoms with Crippen LogP contribution in [0.3, 0.4) is 0 Å². The molecule has 0 bridgehead atoms. The van der Waals surface area contributed by atoms with Crippen LogP contribution in [0.25, 0.3) is 0 Å². The van der Waals surface area contributed by atoms with Crippen LogP contribution in [0.1, 0.15) is 25.3 Å². The fourth-order valence-electron chi connectivity index (χ4n) is 2.36. The van der Waals surface area contributed by atoms with E-state index < -0.39 is 0 Å². The van der Waals surface area contributed by atoms with E-state index in [9.17, 15) is 9.59 Å². The second-order valence-electron chi connectivity index (χ2n) is 5.22. The summed E-state index contributed by atoms with van der Waals surface area (Å²) in [5, 5.41) is 2.84. The summed E-state index contributed by atoms with van der Waals surface area (Å²) in [4.78, 5) is 25.2. The standard InChI is InChI=1S/C16H22N2O3/c1-13(19)18(12-14-6-3-2-4-7-14)10-9-17-16(20)15-8-5-11-21-15/h2-4,6-7,15H,5,8-12H2,1H3,(H,17,20). The summed E-state index contributed by atoms with van der Waals surface area (Å²) >= 11 is 0. The van der Waals surface area contributed by atoms with Gasteiger partial charge in [0.05, 0.1) is 0 Å². The van der Waals surface area contributed by atoms with Crippen LogP contribution in [-0.4, -0.2) is 42.5 Å². The molecule has 0 radical (unpaired) electrons. The molecule has 0 aromatic heterocycles. The molecule has 1 saturated heterocycles. The monoisotopic (exact) mass is 290 g/mol. The lowest BCUT2D eigenvalue weighted by molar-refractivity contribution is -0.132. The number of amides is 2. The molecule has 1 aromatic rings. The topological polar surface area (TPSA) is 58.6 Å². The Kier molecular flexibility index (Phi) is 5.75. The van der Waals surface area contributed by atoms with Crippen molar-refractivity contribution in [1.82, 2.24) is 10.2 Å². The lowest BCUT2D eigenvalue weighted by atomic mass is 10.2. The predicted molar refractivity (Wildman–Crippen MR) is 79.5 cm³/mol. The van der Waals surface area contributed by atoms with E-state index in [-0.39, 0.29) is 17.9 Å². The van der Waals surface area contributed by atoms with Gasteiger partial charge in [0.1, 0.15) is 6.10 Å². The van der Waals surface area contributed by atoms with E-state index in [4.69, 9.17) is 4.74 Å². The van der Waals surface area contributed by atoms with Gasteiger partial charge in [-0.15, -0.1) is 0 Å². The summed E-state index contributed by atoms with van der Waals surface area (Å²) in [7, 11) is 0. The third-order valence-corrected chi connectivity index (χ3v) is 3.56. The highest BCUT2D eigenvalue weighted by Crippen LogP contribution is 2.11. The van der Waals surface area contributed by atoms with Crippen LogP contribution in [0.15, 0.2) is 30.3 Å². The fourth-order valence-corrected chi connectivity index (χ4v) is 2.36. The molecular formula is C16H22N2O3. The second kappa shape index (κ2) is 7.78. The van der Waals surface area contributed by atoms with E-state index in [0.717, 1.165) is 18.4 Å². The predicted octanol–water partition coefficient (Wildman–Crippen LogP) is 1.33. The van der Waals surface area contributed by atoms with Crippen molar-refractivity contribution in [2.45, 2.75) is 32.4 Å². The average Bonchev–Trinajstić information content (AvgIpc) is 3.01. The van der Waals surface area contributed by atoms with Gasteiger partial charge in [0.15, 0.2) is 0 Å². The van der Waals surface area contributed by atoms with Crippen LogP contribution < -0.4 is 5.32 Å². The lowest BCUT2D eigenvalue weighted by Crippen LogP contribution is -2.40. The second-order valence-corrected chi connectivity index (χ2v) is 5.22. The Balaban J connectivity index is 1.77. The Morgan fingerprint density at radius 1 is 1.33 bits per heavy atom. The molecule has 1 N–H and O–H groups in total. The van der Waals surface area contributed by atoms with Gasteiger partial charge in [-0.3, -0.25) is 9.59 Å². The molecular weight excluding hydrogens is 268 g/mol. The molecule has 21 heavy (non-hydrogen) atoms. The smallest absolute Gasteiger partial charge is 0.249 e. The van der Waals surface area contributed by atoms with Gasteiger partial charge in [0.25, 0.3) is 0 Å². The molecule has 2 amide bonds.